The zero-order valence-corrected chi connectivity index (χ0v) is 20.3. The Labute approximate surface area is 207 Å². The fraction of sp³-hybridized carbons (Fsp3) is 0.478. The van der Waals surface area contributed by atoms with Crippen molar-refractivity contribution < 1.29 is 48.4 Å². The minimum absolute atomic E-state index is 0.0543. The van der Waals surface area contributed by atoms with Crippen molar-refractivity contribution in [2.75, 3.05) is 19.8 Å². The van der Waals surface area contributed by atoms with Gasteiger partial charge in [0.25, 0.3) is 0 Å². The lowest BCUT2D eigenvalue weighted by molar-refractivity contribution is -0.230. The van der Waals surface area contributed by atoms with E-state index in [0.29, 0.717) is 30.2 Å². The van der Waals surface area contributed by atoms with Crippen LogP contribution in [0.15, 0.2) is 42.5 Å². The monoisotopic (exact) mass is 530 g/mol. The molecule has 0 saturated carbocycles. The topological polar surface area (TPSA) is 155 Å². The highest BCUT2D eigenvalue weighted by Gasteiger charge is 2.45. The van der Waals surface area contributed by atoms with Crippen LogP contribution in [0.3, 0.4) is 0 Å². The van der Waals surface area contributed by atoms with Crippen LogP contribution in [0, 0.1) is 0 Å². The van der Waals surface area contributed by atoms with Crippen molar-refractivity contribution in [2.45, 2.75) is 49.5 Å². The molecule has 0 spiro atoms. The Morgan fingerprint density at radius 1 is 1.03 bits per heavy atom. The van der Waals surface area contributed by atoms with Gasteiger partial charge in [-0.05, 0) is 41.3 Å². The van der Waals surface area contributed by atoms with Crippen molar-refractivity contribution in [3.8, 4) is 5.75 Å². The molecule has 2 saturated heterocycles. The van der Waals surface area contributed by atoms with Crippen LogP contribution in [0.4, 0.5) is 0 Å². The molecule has 2 aromatic rings. The summed E-state index contributed by atoms with van der Waals surface area (Å²) in [6.45, 7) is 0.606. The third-order valence-electron chi connectivity index (χ3n) is 6.03. The van der Waals surface area contributed by atoms with Crippen molar-refractivity contribution >= 4 is 19.4 Å². The molecule has 2 fully saturated rings. The molecule has 0 unspecified atom stereocenters. The van der Waals surface area contributed by atoms with Gasteiger partial charge in [0.1, 0.15) is 42.4 Å². The second-order valence-corrected chi connectivity index (χ2v) is 10.3. The summed E-state index contributed by atoms with van der Waals surface area (Å²) in [7, 11) is -4.82. The van der Waals surface area contributed by atoms with E-state index in [9.17, 15) is 19.9 Å². The minimum Gasteiger partial charge on any atom is -0.488 e. The first-order chi connectivity index (χ1) is 16.6. The molecule has 2 heterocycles. The van der Waals surface area contributed by atoms with E-state index in [1.54, 1.807) is 18.2 Å². The molecule has 5 N–H and O–H groups in total. The van der Waals surface area contributed by atoms with Crippen LogP contribution in [0.5, 0.6) is 5.75 Å². The van der Waals surface area contributed by atoms with Gasteiger partial charge in [-0.2, -0.15) is 0 Å². The fourth-order valence-electron chi connectivity index (χ4n) is 4.15. The Kier molecular flexibility index (Phi) is 8.50. The maximum atomic E-state index is 11.0. The van der Waals surface area contributed by atoms with Crippen molar-refractivity contribution in [1.29, 1.82) is 0 Å². The van der Waals surface area contributed by atoms with Crippen LogP contribution < -0.4 is 4.74 Å². The summed E-state index contributed by atoms with van der Waals surface area (Å²) in [5.41, 5.74) is 2.18. The standard InChI is InChI=1S/C23H28ClO10P/c24-18-6-3-14(23-22(27)21(26)20(25)19(34-23)12-32-35(28,29)30)10-15(18)9-13-1-4-16(5-2-13)33-17-7-8-31-11-17/h1-6,10,17,19-23,25-27H,7-9,11-12H2,(H2,28,29,30)/t17-,19-,20-,21+,22-,23+/m1/s1. The minimum atomic E-state index is -4.82. The van der Waals surface area contributed by atoms with Gasteiger partial charge >= 0.3 is 7.82 Å². The number of aliphatic hydroxyl groups is 3. The zero-order chi connectivity index (χ0) is 25.2. The molecule has 6 atom stereocenters. The van der Waals surface area contributed by atoms with Gasteiger partial charge in [0.05, 0.1) is 19.8 Å². The summed E-state index contributed by atoms with van der Waals surface area (Å²) in [6, 6.07) is 12.6. The third kappa shape index (κ3) is 6.81. The number of phosphoric ester groups is 1. The van der Waals surface area contributed by atoms with E-state index in [1.807, 2.05) is 24.3 Å². The molecular weight excluding hydrogens is 503 g/mol. The Balaban J connectivity index is 1.48. The van der Waals surface area contributed by atoms with Crippen LogP contribution >= 0.6 is 19.4 Å². The predicted octanol–water partition coefficient (Wildman–Crippen LogP) is 1.73. The molecule has 0 aliphatic carbocycles. The highest BCUT2D eigenvalue weighted by Crippen LogP contribution is 2.39. The number of hydrogen-bond donors (Lipinski definition) is 5. The van der Waals surface area contributed by atoms with Gasteiger partial charge in [-0.25, -0.2) is 4.57 Å². The van der Waals surface area contributed by atoms with E-state index in [-0.39, 0.29) is 6.10 Å². The van der Waals surface area contributed by atoms with E-state index < -0.39 is 44.9 Å². The highest BCUT2D eigenvalue weighted by atomic mass is 35.5. The van der Waals surface area contributed by atoms with E-state index in [4.69, 9.17) is 35.6 Å². The molecule has 2 aromatic carbocycles. The van der Waals surface area contributed by atoms with E-state index in [1.165, 1.54) is 0 Å². The molecule has 192 valence electrons. The number of halogens is 1. The molecule has 35 heavy (non-hydrogen) atoms. The lowest BCUT2D eigenvalue weighted by Gasteiger charge is -2.40. The molecule has 0 amide bonds. The SMILES string of the molecule is O=P(O)(O)OC[C@H]1O[C@@H](c2ccc(Cl)c(Cc3ccc(O[C@@H]4CCOC4)cc3)c2)[C@H](O)[C@@H](O)[C@@H]1O. The maximum absolute atomic E-state index is 11.0. The van der Waals surface area contributed by atoms with Crippen molar-refractivity contribution in [1.82, 2.24) is 0 Å². The summed E-state index contributed by atoms with van der Waals surface area (Å²) >= 11 is 6.41. The zero-order valence-electron chi connectivity index (χ0n) is 18.6. The van der Waals surface area contributed by atoms with Crippen molar-refractivity contribution in [2.24, 2.45) is 0 Å². The molecule has 2 aliphatic rings. The van der Waals surface area contributed by atoms with Crippen molar-refractivity contribution in [3.05, 3.63) is 64.2 Å². The Morgan fingerprint density at radius 3 is 2.43 bits per heavy atom. The van der Waals surface area contributed by atoms with Crippen LogP contribution in [0.2, 0.25) is 5.02 Å². The number of hydrogen-bond acceptors (Lipinski definition) is 8. The Morgan fingerprint density at radius 2 is 1.77 bits per heavy atom. The van der Waals surface area contributed by atoms with Crippen LogP contribution in [-0.4, -0.2) is 75.4 Å². The van der Waals surface area contributed by atoms with E-state index in [2.05, 4.69) is 4.52 Å². The van der Waals surface area contributed by atoms with Gasteiger partial charge in [-0.15, -0.1) is 0 Å². The van der Waals surface area contributed by atoms with E-state index >= 15 is 0 Å². The molecule has 0 bridgehead atoms. The number of phosphoric acid groups is 1. The summed E-state index contributed by atoms with van der Waals surface area (Å²) in [5, 5.41) is 31.5. The average molecular weight is 531 g/mol. The molecule has 2 aliphatic heterocycles. The second kappa shape index (κ2) is 11.2. The Bertz CT molecular complexity index is 1040. The third-order valence-corrected chi connectivity index (χ3v) is 6.88. The Hall–Kier alpha value is -1.56. The van der Waals surface area contributed by atoms with Crippen LogP contribution in [0.25, 0.3) is 0 Å². The summed E-state index contributed by atoms with van der Waals surface area (Å²) < 4.78 is 32.4. The highest BCUT2D eigenvalue weighted by molar-refractivity contribution is 7.46. The van der Waals surface area contributed by atoms with E-state index in [0.717, 1.165) is 23.3 Å². The number of rotatable bonds is 8. The smallest absolute Gasteiger partial charge is 0.469 e. The maximum Gasteiger partial charge on any atom is 0.469 e. The van der Waals surface area contributed by atoms with Gasteiger partial charge in [-0.1, -0.05) is 35.9 Å². The van der Waals surface area contributed by atoms with Crippen LogP contribution in [0.1, 0.15) is 29.2 Å². The first-order valence-electron chi connectivity index (χ1n) is 11.1. The average Bonchev–Trinajstić information content (AvgIpc) is 3.32. The summed E-state index contributed by atoms with van der Waals surface area (Å²) in [4.78, 5) is 17.9. The number of aliphatic hydroxyl groups excluding tert-OH is 3. The van der Waals surface area contributed by atoms with Gasteiger partial charge < -0.3 is 39.3 Å². The molecule has 10 nitrogen and oxygen atoms in total. The lowest BCUT2D eigenvalue weighted by Crippen LogP contribution is -2.55. The molecule has 12 heteroatoms. The van der Waals surface area contributed by atoms with Gasteiger partial charge in [0.2, 0.25) is 0 Å². The summed E-state index contributed by atoms with van der Waals surface area (Å²) in [6.07, 6.45) is -5.68. The molecule has 0 radical (unpaired) electrons. The quantitative estimate of drug-likeness (QED) is 0.319. The second-order valence-electron chi connectivity index (χ2n) is 8.63. The largest absolute Gasteiger partial charge is 0.488 e. The van der Waals surface area contributed by atoms with Crippen LogP contribution in [-0.2, 0) is 25.0 Å². The normalized spacial score (nSPS) is 29.3. The number of ether oxygens (including phenoxy) is 3. The molecule has 0 aromatic heterocycles. The molecular formula is C23H28ClO10P. The number of benzene rings is 2. The molecule has 4 rings (SSSR count). The van der Waals surface area contributed by atoms with Crippen molar-refractivity contribution in [3.63, 3.8) is 0 Å². The van der Waals surface area contributed by atoms with Gasteiger partial charge in [0, 0.05) is 11.4 Å². The predicted molar refractivity (Wildman–Crippen MR) is 124 cm³/mol. The van der Waals surface area contributed by atoms with Gasteiger partial charge in [-0.3, -0.25) is 4.52 Å². The first-order valence-corrected chi connectivity index (χ1v) is 13.0. The summed E-state index contributed by atoms with van der Waals surface area (Å²) in [5.74, 6) is 0.749. The van der Waals surface area contributed by atoms with Gasteiger partial charge in [0.15, 0.2) is 0 Å². The fourth-order valence-corrected chi connectivity index (χ4v) is 4.67. The first kappa shape index (κ1) is 26.5. The lowest BCUT2D eigenvalue weighted by atomic mass is 9.90.